The average Bonchev–Trinajstić information content (AvgIpc) is 2.53. The number of allylic oxidation sites excluding steroid dienone is 1. The van der Waals surface area contributed by atoms with E-state index in [4.69, 9.17) is 0 Å². The van der Waals surface area contributed by atoms with Crippen LogP contribution in [-0.2, 0) is 9.59 Å². The number of rotatable bonds is 0. The zero-order valence-corrected chi connectivity index (χ0v) is 12.4. The number of carbonyl (C=O) groups is 2. The summed E-state index contributed by atoms with van der Waals surface area (Å²) in [5, 5.41) is 0. The van der Waals surface area contributed by atoms with E-state index < -0.39 is 0 Å². The second-order valence-electron chi connectivity index (χ2n) is 5.84. The van der Waals surface area contributed by atoms with E-state index in [0.29, 0.717) is 6.42 Å². The van der Waals surface area contributed by atoms with Crippen molar-refractivity contribution in [3.63, 3.8) is 0 Å². The lowest BCUT2D eigenvalue weighted by molar-refractivity contribution is -0.135. The molecule has 1 amide bonds. The quantitative estimate of drug-likeness (QED) is 0.664. The Bertz CT molecular complexity index is 365. The molecule has 0 spiro atoms. The van der Waals surface area contributed by atoms with Crippen LogP contribution in [0.4, 0.5) is 0 Å². The van der Waals surface area contributed by atoms with Crippen molar-refractivity contribution in [2.75, 3.05) is 0 Å². The van der Waals surface area contributed by atoms with E-state index in [2.05, 4.69) is 6.92 Å². The molecule has 1 aliphatic carbocycles. The summed E-state index contributed by atoms with van der Waals surface area (Å²) in [6.07, 6.45) is 3.87. The summed E-state index contributed by atoms with van der Waals surface area (Å²) in [6, 6.07) is 0.159. The molecule has 3 unspecified atom stereocenters. The first-order chi connectivity index (χ1) is 8.32. The van der Waals surface area contributed by atoms with Crippen molar-refractivity contribution in [1.82, 2.24) is 4.90 Å². The number of fused-ring (bicyclic) bond motifs is 1. The molecule has 3 atom stereocenters. The molecule has 3 heteroatoms. The van der Waals surface area contributed by atoms with Crippen LogP contribution >= 0.6 is 0 Å². The molecule has 2 rings (SSSR count). The van der Waals surface area contributed by atoms with Crippen LogP contribution in [0.15, 0.2) is 12.2 Å². The van der Waals surface area contributed by atoms with Gasteiger partial charge in [0.15, 0.2) is 5.78 Å². The fourth-order valence-electron chi connectivity index (χ4n) is 3.01. The molecule has 0 aromatic rings. The molecule has 18 heavy (non-hydrogen) atoms. The van der Waals surface area contributed by atoms with E-state index in [-0.39, 0.29) is 35.1 Å². The molecule has 0 bridgehead atoms. The number of ketones is 1. The molecular weight excluding hydrogens is 226 g/mol. The van der Waals surface area contributed by atoms with E-state index in [1.54, 1.807) is 12.2 Å². The number of hydrogen-bond donors (Lipinski definition) is 0. The average molecular weight is 251 g/mol. The fraction of sp³-hybridized carbons (Fsp3) is 0.733. The number of likely N-dealkylation sites (tertiary alicyclic amines) is 1. The smallest absolute Gasteiger partial charge is 0.230 e. The summed E-state index contributed by atoms with van der Waals surface area (Å²) in [5.74, 6) is 0.418. The second kappa shape index (κ2) is 5.25. The number of nitrogens with zero attached hydrogens (tertiary/aromatic N) is 1. The van der Waals surface area contributed by atoms with Gasteiger partial charge >= 0.3 is 0 Å². The largest absolute Gasteiger partial charge is 0.334 e. The third-order valence-corrected chi connectivity index (χ3v) is 3.66. The third-order valence-electron chi connectivity index (χ3n) is 3.66. The van der Waals surface area contributed by atoms with Gasteiger partial charge in [-0.2, -0.15) is 0 Å². The molecule has 0 saturated carbocycles. The van der Waals surface area contributed by atoms with Crippen LogP contribution in [0.5, 0.6) is 0 Å². The maximum absolute atomic E-state index is 12.3. The van der Waals surface area contributed by atoms with Gasteiger partial charge in [-0.1, -0.05) is 19.9 Å². The highest BCUT2D eigenvalue weighted by atomic mass is 16.2. The molecule has 0 radical (unpaired) electrons. The highest BCUT2D eigenvalue weighted by Gasteiger charge is 2.49. The lowest BCUT2D eigenvalue weighted by atomic mass is 9.82. The van der Waals surface area contributed by atoms with E-state index >= 15 is 0 Å². The van der Waals surface area contributed by atoms with Crippen molar-refractivity contribution in [3.8, 4) is 0 Å². The van der Waals surface area contributed by atoms with Crippen molar-refractivity contribution in [3.05, 3.63) is 12.2 Å². The van der Waals surface area contributed by atoms with E-state index in [1.165, 1.54) is 0 Å². The first kappa shape index (κ1) is 14.9. The Hall–Kier alpha value is -1.12. The Morgan fingerprint density at radius 2 is 1.78 bits per heavy atom. The first-order valence-electron chi connectivity index (χ1n) is 6.86. The minimum Gasteiger partial charge on any atom is -0.334 e. The Labute approximate surface area is 110 Å². The standard InChI is InChI=1S/C13H19NO2.C2H6/c1-8-11-7-9(15)5-6-10(11)12(16)14(8)13(2,3)4;1-2/h5-6,8,10-11H,7H2,1-4H3;1-2H3. The highest BCUT2D eigenvalue weighted by Crippen LogP contribution is 2.40. The van der Waals surface area contributed by atoms with Gasteiger partial charge in [0, 0.05) is 23.9 Å². The monoisotopic (exact) mass is 251 g/mol. The molecule has 1 heterocycles. The second-order valence-corrected chi connectivity index (χ2v) is 5.84. The van der Waals surface area contributed by atoms with E-state index in [0.717, 1.165) is 0 Å². The zero-order chi connectivity index (χ0) is 14.1. The number of amides is 1. The predicted octanol–water partition coefficient (Wildman–Crippen LogP) is 2.80. The molecular formula is C15H25NO2. The number of carbonyl (C=O) groups excluding carboxylic acids is 2. The van der Waals surface area contributed by atoms with Gasteiger partial charge in [-0.05, 0) is 33.8 Å². The zero-order valence-electron chi connectivity index (χ0n) is 12.4. The summed E-state index contributed by atoms with van der Waals surface area (Å²) in [5.41, 5.74) is -0.162. The maximum Gasteiger partial charge on any atom is 0.230 e. The summed E-state index contributed by atoms with van der Waals surface area (Å²) in [7, 11) is 0. The highest BCUT2D eigenvalue weighted by molar-refractivity contribution is 5.95. The molecule has 1 aliphatic heterocycles. The fourth-order valence-corrected chi connectivity index (χ4v) is 3.01. The summed E-state index contributed by atoms with van der Waals surface area (Å²) in [6.45, 7) is 12.2. The molecule has 1 saturated heterocycles. The van der Waals surface area contributed by atoms with Gasteiger partial charge in [-0.15, -0.1) is 0 Å². The lowest BCUT2D eigenvalue weighted by Crippen LogP contribution is -2.47. The van der Waals surface area contributed by atoms with Crippen LogP contribution in [-0.4, -0.2) is 28.2 Å². The summed E-state index contributed by atoms with van der Waals surface area (Å²) >= 11 is 0. The molecule has 0 aromatic heterocycles. The molecule has 0 N–H and O–H groups in total. The first-order valence-corrected chi connectivity index (χ1v) is 6.86. The van der Waals surface area contributed by atoms with Gasteiger partial charge in [0.1, 0.15) is 0 Å². The summed E-state index contributed by atoms with van der Waals surface area (Å²) in [4.78, 5) is 25.6. The molecule has 3 nitrogen and oxygen atoms in total. The number of hydrogen-bond acceptors (Lipinski definition) is 2. The van der Waals surface area contributed by atoms with Crippen LogP contribution < -0.4 is 0 Å². The van der Waals surface area contributed by atoms with Crippen LogP contribution in [0.2, 0.25) is 0 Å². The summed E-state index contributed by atoms with van der Waals surface area (Å²) < 4.78 is 0. The molecule has 102 valence electrons. The van der Waals surface area contributed by atoms with Crippen LogP contribution in [0, 0.1) is 11.8 Å². The van der Waals surface area contributed by atoms with Gasteiger partial charge in [0.2, 0.25) is 5.91 Å². The van der Waals surface area contributed by atoms with E-state index in [9.17, 15) is 9.59 Å². The van der Waals surface area contributed by atoms with Gasteiger partial charge in [0.05, 0.1) is 5.92 Å². The van der Waals surface area contributed by atoms with Crippen molar-refractivity contribution < 1.29 is 9.59 Å². The van der Waals surface area contributed by atoms with Crippen molar-refractivity contribution in [2.45, 2.75) is 59.5 Å². The predicted molar refractivity (Wildman–Crippen MR) is 73.2 cm³/mol. The molecule has 1 fully saturated rings. The Balaban J connectivity index is 0.000000771. The molecule has 2 aliphatic rings. The lowest BCUT2D eigenvalue weighted by Gasteiger charge is -2.36. The van der Waals surface area contributed by atoms with Gasteiger partial charge in [-0.25, -0.2) is 0 Å². The Kier molecular flexibility index (Phi) is 4.36. The normalized spacial score (nSPS) is 31.0. The van der Waals surface area contributed by atoms with Crippen LogP contribution in [0.3, 0.4) is 0 Å². The third kappa shape index (κ3) is 2.50. The minimum atomic E-state index is -0.162. The van der Waals surface area contributed by atoms with Crippen molar-refractivity contribution in [1.29, 1.82) is 0 Å². The van der Waals surface area contributed by atoms with Crippen LogP contribution in [0.1, 0.15) is 48.0 Å². The SMILES string of the molecule is CC.CC1C2CC(=O)C=CC2C(=O)N1C(C)(C)C. The van der Waals surface area contributed by atoms with Crippen LogP contribution in [0.25, 0.3) is 0 Å². The van der Waals surface area contributed by atoms with Crippen molar-refractivity contribution in [2.24, 2.45) is 11.8 Å². The van der Waals surface area contributed by atoms with E-state index in [1.807, 2.05) is 39.5 Å². The minimum absolute atomic E-state index is 0.0769. The maximum atomic E-state index is 12.3. The van der Waals surface area contributed by atoms with Gasteiger partial charge < -0.3 is 4.90 Å². The Morgan fingerprint density at radius 3 is 2.28 bits per heavy atom. The topological polar surface area (TPSA) is 37.4 Å². The van der Waals surface area contributed by atoms with Gasteiger partial charge in [-0.3, -0.25) is 9.59 Å². The Morgan fingerprint density at radius 1 is 1.22 bits per heavy atom. The van der Waals surface area contributed by atoms with Gasteiger partial charge in [0.25, 0.3) is 0 Å². The molecule has 0 aromatic carbocycles. The van der Waals surface area contributed by atoms with Crippen molar-refractivity contribution >= 4 is 11.7 Å².